The Bertz CT molecular complexity index is 374. The van der Waals surface area contributed by atoms with Gasteiger partial charge in [0.15, 0.2) is 0 Å². The Morgan fingerprint density at radius 3 is 2.47 bits per heavy atom. The number of anilines is 1. The first-order chi connectivity index (χ1) is 9.21. The van der Waals surface area contributed by atoms with E-state index in [2.05, 4.69) is 4.90 Å². The van der Waals surface area contributed by atoms with E-state index in [1.165, 1.54) is 12.1 Å². The molecular formula is C14H23FN2O2. The van der Waals surface area contributed by atoms with Gasteiger partial charge in [-0.05, 0) is 30.2 Å². The number of nitrogens with zero attached hydrogens (tertiary/aromatic N) is 1. The third-order valence-electron chi connectivity index (χ3n) is 2.89. The lowest BCUT2D eigenvalue weighted by atomic mass is 10.1. The number of hydrogen-bond acceptors (Lipinski definition) is 4. The van der Waals surface area contributed by atoms with Gasteiger partial charge in [-0.1, -0.05) is 0 Å². The first-order valence-corrected chi connectivity index (χ1v) is 6.43. The highest BCUT2D eigenvalue weighted by Crippen LogP contribution is 2.19. The van der Waals surface area contributed by atoms with E-state index in [0.29, 0.717) is 26.3 Å². The zero-order valence-electron chi connectivity index (χ0n) is 11.7. The van der Waals surface area contributed by atoms with E-state index in [4.69, 9.17) is 15.2 Å². The van der Waals surface area contributed by atoms with Crippen LogP contribution < -0.4 is 10.6 Å². The zero-order chi connectivity index (χ0) is 14.1. The number of hydrogen-bond donors (Lipinski definition) is 1. The Hall–Kier alpha value is -1.17. The van der Waals surface area contributed by atoms with Crippen molar-refractivity contribution in [2.75, 3.05) is 45.4 Å². The summed E-state index contributed by atoms with van der Waals surface area (Å²) in [6.45, 7) is 3.13. The predicted molar refractivity (Wildman–Crippen MR) is 74.9 cm³/mol. The van der Waals surface area contributed by atoms with Gasteiger partial charge in [0.2, 0.25) is 0 Å². The van der Waals surface area contributed by atoms with Crippen molar-refractivity contribution in [2.24, 2.45) is 5.73 Å². The quantitative estimate of drug-likeness (QED) is 0.695. The molecule has 1 aromatic carbocycles. The Morgan fingerprint density at radius 2 is 1.84 bits per heavy atom. The topological polar surface area (TPSA) is 47.7 Å². The maximum atomic E-state index is 13.5. The number of benzene rings is 1. The minimum atomic E-state index is -0.257. The monoisotopic (exact) mass is 270 g/mol. The van der Waals surface area contributed by atoms with E-state index in [9.17, 15) is 4.39 Å². The highest BCUT2D eigenvalue weighted by atomic mass is 19.1. The number of rotatable bonds is 9. The van der Waals surface area contributed by atoms with Crippen LogP contribution in [0.3, 0.4) is 0 Å². The van der Waals surface area contributed by atoms with Gasteiger partial charge in [-0.25, -0.2) is 4.39 Å². The third kappa shape index (κ3) is 5.55. The highest BCUT2D eigenvalue weighted by Gasteiger charge is 2.09. The van der Waals surface area contributed by atoms with Gasteiger partial charge >= 0.3 is 0 Å². The third-order valence-corrected chi connectivity index (χ3v) is 2.89. The van der Waals surface area contributed by atoms with Crippen molar-refractivity contribution in [3.8, 4) is 0 Å². The molecule has 0 heterocycles. The normalized spacial score (nSPS) is 10.7. The molecule has 0 fully saturated rings. The Morgan fingerprint density at radius 1 is 1.11 bits per heavy atom. The maximum Gasteiger partial charge on any atom is 0.125 e. The molecule has 5 heteroatoms. The number of methoxy groups -OCH3 is 2. The SMILES string of the molecule is COCCCN(CCOC)c1cc(F)cc(CN)c1. The van der Waals surface area contributed by atoms with Crippen LogP contribution in [0.2, 0.25) is 0 Å². The summed E-state index contributed by atoms with van der Waals surface area (Å²) in [5.74, 6) is -0.257. The molecule has 1 aromatic rings. The fraction of sp³-hybridized carbons (Fsp3) is 0.571. The maximum absolute atomic E-state index is 13.5. The molecule has 0 atom stereocenters. The van der Waals surface area contributed by atoms with Crippen LogP contribution in [0.5, 0.6) is 0 Å². The smallest absolute Gasteiger partial charge is 0.125 e. The summed E-state index contributed by atoms with van der Waals surface area (Å²) in [6, 6.07) is 4.92. The molecule has 0 aliphatic carbocycles. The van der Waals surface area contributed by atoms with Crippen molar-refractivity contribution in [3.05, 3.63) is 29.6 Å². The molecule has 4 nitrogen and oxygen atoms in total. The van der Waals surface area contributed by atoms with Crippen LogP contribution in [0.15, 0.2) is 18.2 Å². The van der Waals surface area contributed by atoms with Gasteiger partial charge in [0, 0.05) is 46.1 Å². The molecule has 0 radical (unpaired) electrons. The molecule has 0 bridgehead atoms. The second-order valence-electron chi connectivity index (χ2n) is 4.35. The van der Waals surface area contributed by atoms with Crippen molar-refractivity contribution in [2.45, 2.75) is 13.0 Å². The molecule has 1 rings (SSSR count). The van der Waals surface area contributed by atoms with Crippen LogP contribution in [-0.4, -0.2) is 40.5 Å². The molecule has 0 saturated heterocycles. The summed E-state index contributed by atoms with van der Waals surface area (Å²) < 4.78 is 23.7. The summed E-state index contributed by atoms with van der Waals surface area (Å²) in [6.07, 6.45) is 0.884. The summed E-state index contributed by atoms with van der Waals surface area (Å²) in [5, 5.41) is 0. The lowest BCUT2D eigenvalue weighted by Crippen LogP contribution is -2.29. The first-order valence-electron chi connectivity index (χ1n) is 6.43. The van der Waals surface area contributed by atoms with Crippen molar-refractivity contribution in [3.63, 3.8) is 0 Å². The molecule has 0 amide bonds. The molecule has 0 aliphatic rings. The largest absolute Gasteiger partial charge is 0.385 e. The summed E-state index contributed by atoms with van der Waals surface area (Å²) >= 11 is 0. The Balaban J connectivity index is 2.79. The molecule has 2 N–H and O–H groups in total. The molecule has 0 saturated carbocycles. The number of ether oxygens (including phenoxy) is 2. The van der Waals surface area contributed by atoms with Crippen molar-refractivity contribution in [1.29, 1.82) is 0 Å². The molecule has 108 valence electrons. The summed E-state index contributed by atoms with van der Waals surface area (Å²) in [5.41, 5.74) is 7.22. The zero-order valence-corrected chi connectivity index (χ0v) is 11.7. The molecule has 0 spiro atoms. The lowest BCUT2D eigenvalue weighted by molar-refractivity contribution is 0.191. The van der Waals surface area contributed by atoms with Gasteiger partial charge in [0.25, 0.3) is 0 Å². The Kier molecular flexibility index (Phi) is 7.40. The Labute approximate surface area is 114 Å². The average Bonchev–Trinajstić information content (AvgIpc) is 2.42. The fourth-order valence-electron chi connectivity index (χ4n) is 1.90. The van der Waals surface area contributed by atoms with Crippen LogP contribution in [0.25, 0.3) is 0 Å². The second-order valence-corrected chi connectivity index (χ2v) is 4.35. The molecule has 19 heavy (non-hydrogen) atoms. The van der Waals surface area contributed by atoms with E-state index in [-0.39, 0.29) is 5.82 Å². The molecule has 0 aliphatic heterocycles. The number of halogens is 1. The molecule has 0 unspecified atom stereocenters. The van der Waals surface area contributed by atoms with Crippen LogP contribution in [0.4, 0.5) is 10.1 Å². The molecular weight excluding hydrogens is 247 g/mol. The van der Waals surface area contributed by atoms with Crippen molar-refractivity contribution < 1.29 is 13.9 Å². The molecule has 0 aromatic heterocycles. The minimum Gasteiger partial charge on any atom is -0.385 e. The summed E-state index contributed by atoms with van der Waals surface area (Å²) in [7, 11) is 3.33. The predicted octanol–water partition coefficient (Wildman–Crippen LogP) is 1.77. The van der Waals surface area contributed by atoms with E-state index >= 15 is 0 Å². The standard InChI is InChI=1S/C14H23FN2O2/c1-18-6-3-4-17(5-7-19-2)14-9-12(11-16)8-13(15)10-14/h8-10H,3-7,11,16H2,1-2H3. The minimum absolute atomic E-state index is 0.257. The van der Waals surface area contributed by atoms with Gasteiger partial charge in [-0.15, -0.1) is 0 Å². The van der Waals surface area contributed by atoms with E-state index in [1.54, 1.807) is 14.2 Å². The highest BCUT2D eigenvalue weighted by molar-refractivity contribution is 5.49. The van der Waals surface area contributed by atoms with Crippen LogP contribution in [0, 0.1) is 5.82 Å². The van der Waals surface area contributed by atoms with Crippen LogP contribution in [-0.2, 0) is 16.0 Å². The van der Waals surface area contributed by atoms with Gasteiger partial charge in [-0.2, -0.15) is 0 Å². The fourth-order valence-corrected chi connectivity index (χ4v) is 1.90. The summed E-state index contributed by atoms with van der Waals surface area (Å²) in [4.78, 5) is 2.09. The first kappa shape index (κ1) is 15.9. The van der Waals surface area contributed by atoms with Gasteiger partial charge in [0.05, 0.1) is 6.61 Å². The van der Waals surface area contributed by atoms with E-state index in [0.717, 1.165) is 24.2 Å². The second kappa shape index (κ2) is 8.85. The average molecular weight is 270 g/mol. The van der Waals surface area contributed by atoms with Crippen LogP contribution >= 0.6 is 0 Å². The van der Waals surface area contributed by atoms with Gasteiger partial charge < -0.3 is 20.1 Å². The lowest BCUT2D eigenvalue weighted by Gasteiger charge is -2.25. The van der Waals surface area contributed by atoms with E-state index < -0.39 is 0 Å². The van der Waals surface area contributed by atoms with Gasteiger partial charge in [-0.3, -0.25) is 0 Å². The number of nitrogens with two attached hydrogens (primary N) is 1. The van der Waals surface area contributed by atoms with E-state index in [1.807, 2.05) is 6.07 Å². The van der Waals surface area contributed by atoms with Gasteiger partial charge in [0.1, 0.15) is 5.82 Å². The van der Waals surface area contributed by atoms with Crippen molar-refractivity contribution >= 4 is 5.69 Å². The van der Waals surface area contributed by atoms with Crippen molar-refractivity contribution in [1.82, 2.24) is 0 Å². The van der Waals surface area contributed by atoms with Crippen LogP contribution in [0.1, 0.15) is 12.0 Å².